The minimum Gasteiger partial charge on any atom is -0.446 e. The Morgan fingerprint density at radius 2 is 2.08 bits per heavy atom. The van der Waals surface area contributed by atoms with E-state index >= 15 is 0 Å². The van der Waals surface area contributed by atoms with Crippen molar-refractivity contribution in [1.82, 2.24) is 24.7 Å². The van der Waals surface area contributed by atoms with Crippen molar-refractivity contribution in [1.29, 1.82) is 0 Å². The number of fused-ring (bicyclic) bond motifs is 1. The first kappa shape index (κ1) is 14.3. The lowest BCUT2D eigenvalue weighted by molar-refractivity contribution is 0.0709. The minimum absolute atomic E-state index is 0.166. The van der Waals surface area contributed by atoms with Crippen LogP contribution in [0.5, 0.6) is 0 Å². The normalized spacial score (nSPS) is 13.9. The molecular weight excluding hydrogens is 308 g/mol. The fourth-order valence-electron chi connectivity index (χ4n) is 2.57. The molecule has 0 radical (unpaired) electrons. The first-order valence-electron chi connectivity index (χ1n) is 7.25. The number of hydrogen-bond acceptors (Lipinski definition) is 7. The summed E-state index contributed by atoms with van der Waals surface area (Å²) in [4.78, 5) is 12.1. The monoisotopic (exact) mass is 322 g/mol. The Bertz CT molecular complexity index is 1010. The summed E-state index contributed by atoms with van der Waals surface area (Å²) in [6.45, 7) is 1.63. The van der Waals surface area contributed by atoms with Gasteiger partial charge in [-0.1, -0.05) is 12.1 Å². The zero-order chi connectivity index (χ0) is 16.7. The van der Waals surface area contributed by atoms with Gasteiger partial charge in [-0.15, -0.1) is 0 Å². The summed E-state index contributed by atoms with van der Waals surface area (Å²) < 4.78 is 6.90. The fourth-order valence-corrected chi connectivity index (χ4v) is 2.57. The number of benzene rings is 1. The fraction of sp³-hybridized carbons (Fsp3) is 0.125. The number of aliphatic hydroxyl groups is 1. The predicted molar refractivity (Wildman–Crippen MR) is 86.2 cm³/mol. The van der Waals surface area contributed by atoms with Crippen molar-refractivity contribution in [3.8, 4) is 5.82 Å². The molecule has 0 aliphatic heterocycles. The average molecular weight is 322 g/mol. The summed E-state index contributed by atoms with van der Waals surface area (Å²) in [6.07, 6.45) is 6.21. The van der Waals surface area contributed by atoms with Crippen LogP contribution in [-0.2, 0) is 5.60 Å². The van der Waals surface area contributed by atoms with Crippen molar-refractivity contribution >= 4 is 16.9 Å². The van der Waals surface area contributed by atoms with E-state index in [2.05, 4.69) is 20.1 Å². The Balaban J connectivity index is 1.88. The lowest BCUT2D eigenvalue weighted by Gasteiger charge is -2.20. The molecule has 0 saturated heterocycles. The van der Waals surface area contributed by atoms with Crippen molar-refractivity contribution in [2.45, 2.75) is 12.5 Å². The molecule has 3 heterocycles. The summed E-state index contributed by atoms with van der Waals surface area (Å²) in [5, 5.41) is 16.1. The average Bonchev–Trinajstić information content (AvgIpc) is 3.24. The number of anilines is 1. The lowest BCUT2D eigenvalue weighted by Crippen LogP contribution is -2.23. The molecular formula is C16H14N6O2. The van der Waals surface area contributed by atoms with Gasteiger partial charge in [0.15, 0.2) is 11.4 Å². The Morgan fingerprint density at radius 1 is 1.21 bits per heavy atom. The van der Waals surface area contributed by atoms with Gasteiger partial charge in [0.1, 0.15) is 6.26 Å². The quantitative estimate of drug-likeness (QED) is 0.589. The van der Waals surface area contributed by atoms with E-state index in [1.54, 1.807) is 30.1 Å². The van der Waals surface area contributed by atoms with Crippen molar-refractivity contribution in [2.75, 3.05) is 5.73 Å². The van der Waals surface area contributed by atoms with Crippen LogP contribution in [0, 0.1) is 0 Å². The molecule has 8 heteroatoms. The van der Waals surface area contributed by atoms with Crippen molar-refractivity contribution in [3.63, 3.8) is 0 Å². The van der Waals surface area contributed by atoms with Gasteiger partial charge in [0.2, 0.25) is 11.8 Å². The van der Waals surface area contributed by atoms with Crippen LogP contribution < -0.4 is 5.73 Å². The van der Waals surface area contributed by atoms with E-state index in [4.69, 9.17) is 10.2 Å². The third-order valence-electron chi connectivity index (χ3n) is 3.86. The second kappa shape index (κ2) is 5.14. The molecule has 1 atom stereocenters. The Morgan fingerprint density at radius 3 is 2.83 bits per heavy atom. The number of aromatic nitrogens is 5. The van der Waals surface area contributed by atoms with Gasteiger partial charge in [-0.05, 0) is 18.6 Å². The van der Waals surface area contributed by atoms with Crippen molar-refractivity contribution in [3.05, 3.63) is 60.6 Å². The molecule has 0 aliphatic rings. The molecule has 3 aromatic heterocycles. The van der Waals surface area contributed by atoms with Crippen LogP contribution in [0.25, 0.3) is 16.7 Å². The van der Waals surface area contributed by atoms with E-state index in [9.17, 15) is 5.11 Å². The van der Waals surface area contributed by atoms with E-state index in [0.29, 0.717) is 11.4 Å². The molecule has 120 valence electrons. The zero-order valence-electron chi connectivity index (χ0n) is 12.8. The van der Waals surface area contributed by atoms with Crippen LogP contribution in [0.4, 0.5) is 5.95 Å². The second-order valence-electron chi connectivity index (χ2n) is 5.51. The maximum atomic E-state index is 10.8. The van der Waals surface area contributed by atoms with Crippen molar-refractivity contribution in [2.24, 2.45) is 0 Å². The van der Waals surface area contributed by atoms with Gasteiger partial charge in [0.25, 0.3) is 0 Å². The molecule has 0 fully saturated rings. The third kappa shape index (κ3) is 2.20. The Hall–Kier alpha value is -3.26. The Kier molecular flexibility index (Phi) is 3.07. The molecule has 8 nitrogen and oxygen atoms in total. The molecule has 1 aromatic carbocycles. The number of nitrogens with two attached hydrogens (primary N) is 1. The minimum atomic E-state index is -1.36. The molecule has 0 saturated carbocycles. The number of rotatable bonds is 3. The summed E-state index contributed by atoms with van der Waals surface area (Å²) in [6, 6.07) is 7.22. The van der Waals surface area contributed by atoms with Crippen LogP contribution in [0.1, 0.15) is 18.4 Å². The van der Waals surface area contributed by atoms with Gasteiger partial charge < -0.3 is 15.3 Å². The topological polar surface area (TPSA) is 116 Å². The van der Waals surface area contributed by atoms with Crippen LogP contribution in [-0.4, -0.2) is 29.8 Å². The number of oxazole rings is 1. The summed E-state index contributed by atoms with van der Waals surface area (Å²) in [5.41, 5.74) is 5.69. The number of nitrogens with zero attached hydrogens (tertiary/aromatic N) is 5. The van der Waals surface area contributed by atoms with Gasteiger partial charge >= 0.3 is 0 Å². The molecule has 1 unspecified atom stereocenters. The third-order valence-corrected chi connectivity index (χ3v) is 3.86. The van der Waals surface area contributed by atoms with Crippen LogP contribution in [0.3, 0.4) is 0 Å². The van der Waals surface area contributed by atoms with Crippen LogP contribution in [0.15, 0.2) is 53.5 Å². The molecule has 4 aromatic rings. The molecule has 3 N–H and O–H groups in total. The maximum Gasteiger partial charge on any atom is 0.230 e. The smallest absolute Gasteiger partial charge is 0.230 e. The lowest BCUT2D eigenvalue weighted by atomic mass is 9.95. The molecule has 0 amide bonds. The first-order valence-corrected chi connectivity index (χ1v) is 7.25. The SMILES string of the molecule is CC(O)(c1ccc2cnn(-c3ccnc(N)n3)c2c1)c1ncco1. The van der Waals surface area contributed by atoms with Gasteiger partial charge in [-0.25, -0.2) is 14.6 Å². The van der Waals surface area contributed by atoms with Gasteiger partial charge in [0, 0.05) is 17.6 Å². The highest BCUT2D eigenvalue weighted by molar-refractivity contribution is 5.81. The standard InChI is InChI=1S/C16H14N6O2/c1-16(23,14-18-6-7-24-14)11-3-2-10-9-20-22(12(10)8-11)13-4-5-19-15(17)21-13/h2-9,23H,1H3,(H2,17,19,21). The van der Waals surface area contributed by atoms with E-state index in [0.717, 1.165) is 10.9 Å². The van der Waals surface area contributed by atoms with E-state index < -0.39 is 5.60 Å². The van der Waals surface area contributed by atoms with Gasteiger partial charge in [0.05, 0.1) is 17.9 Å². The molecule has 0 aliphatic carbocycles. The van der Waals surface area contributed by atoms with Crippen molar-refractivity contribution < 1.29 is 9.52 Å². The zero-order valence-corrected chi connectivity index (χ0v) is 12.8. The summed E-state index contributed by atoms with van der Waals surface area (Å²) >= 11 is 0. The van der Waals surface area contributed by atoms with E-state index in [-0.39, 0.29) is 11.8 Å². The van der Waals surface area contributed by atoms with Gasteiger partial charge in [-0.3, -0.25) is 0 Å². The highest BCUT2D eigenvalue weighted by Gasteiger charge is 2.31. The second-order valence-corrected chi connectivity index (χ2v) is 5.51. The number of hydrogen-bond donors (Lipinski definition) is 2. The molecule has 24 heavy (non-hydrogen) atoms. The van der Waals surface area contributed by atoms with E-state index in [1.165, 1.54) is 12.5 Å². The Labute approximate surface area is 136 Å². The highest BCUT2D eigenvalue weighted by Crippen LogP contribution is 2.30. The molecule has 0 spiro atoms. The van der Waals surface area contributed by atoms with E-state index in [1.807, 2.05) is 18.2 Å². The predicted octanol–water partition coefficient (Wildman–Crippen LogP) is 1.64. The molecule has 4 rings (SSSR count). The van der Waals surface area contributed by atoms with Crippen LogP contribution in [0.2, 0.25) is 0 Å². The highest BCUT2D eigenvalue weighted by atomic mass is 16.4. The molecule has 0 bridgehead atoms. The van der Waals surface area contributed by atoms with Gasteiger partial charge in [-0.2, -0.15) is 10.1 Å². The maximum absolute atomic E-state index is 10.8. The summed E-state index contributed by atoms with van der Waals surface area (Å²) in [5.74, 6) is 0.934. The first-order chi connectivity index (χ1) is 11.6. The summed E-state index contributed by atoms with van der Waals surface area (Å²) in [7, 11) is 0. The largest absolute Gasteiger partial charge is 0.446 e. The van der Waals surface area contributed by atoms with Crippen LogP contribution >= 0.6 is 0 Å². The number of nitrogen functional groups attached to an aromatic ring is 1.